The lowest BCUT2D eigenvalue weighted by molar-refractivity contribution is -0.119. The van der Waals surface area contributed by atoms with Crippen LogP contribution in [0.5, 0.6) is 0 Å². The Hall–Kier alpha value is -1.14. The molecule has 13 heavy (non-hydrogen) atoms. The molecule has 0 radical (unpaired) electrons. The Balaban J connectivity index is 0. The summed E-state index contributed by atoms with van der Waals surface area (Å²) in [6.45, 7) is 0.250. The van der Waals surface area contributed by atoms with Crippen molar-refractivity contribution < 1.29 is 9.59 Å². The summed E-state index contributed by atoms with van der Waals surface area (Å²) in [5.74, 6) is -0.658. The van der Waals surface area contributed by atoms with Gasteiger partial charge in [-0.2, -0.15) is 0 Å². The minimum atomic E-state index is -0.329. The van der Waals surface area contributed by atoms with E-state index in [1.54, 1.807) is 0 Å². The molecule has 0 atom stereocenters. The molecule has 0 saturated carbocycles. The van der Waals surface area contributed by atoms with Gasteiger partial charge in [0.1, 0.15) is 0 Å². The molecule has 0 heterocycles. The molecule has 0 aromatic rings. The van der Waals surface area contributed by atoms with Gasteiger partial charge in [0, 0.05) is 19.5 Å². The highest BCUT2D eigenvalue weighted by Gasteiger charge is 1.96. The number of unbranched alkanes of at least 4 members (excludes halogenated alkanes) is 1. The topological polar surface area (TPSA) is 138 Å². The van der Waals surface area contributed by atoms with Gasteiger partial charge in [-0.25, -0.2) is 0 Å². The molecule has 0 aliphatic heterocycles. The maximum Gasteiger partial charge on any atom is 0.217 e. The van der Waals surface area contributed by atoms with Gasteiger partial charge in [0.2, 0.25) is 11.8 Å². The highest BCUT2D eigenvalue weighted by Crippen LogP contribution is 1.97. The summed E-state index contributed by atoms with van der Waals surface area (Å²) in [4.78, 5) is 20.3. The van der Waals surface area contributed by atoms with Crippen LogP contribution in [0.4, 0.5) is 0 Å². The lowest BCUT2D eigenvalue weighted by atomic mass is 10.2. The highest BCUT2D eigenvalue weighted by molar-refractivity contribution is 5.74. The minimum absolute atomic E-state index is 0.250. The zero-order chi connectivity index (χ0) is 10.7. The fraction of sp³-hybridized carbons (Fsp3) is 0.714. The zero-order valence-electron chi connectivity index (χ0n) is 7.66. The average Bonchev–Trinajstić information content (AvgIpc) is 1.99. The molecular weight excluding hydrogens is 172 g/mol. The van der Waals surface area contributed by atoms with Crippen LogP contribution in [-0.4, -0.2) is 18.5 Å². The van der Waals surface area contributed by atoms with Crippen LogP contribution in [0, 0.1) is 0 Å². The number of carbonyl (C=O) groups excluding carboxylic acids is 2. The van der Waals surface area contributed by atoms with Crippen molar-refractivity contribution in [1.29, 1.82) is 0 Å². The van der Waals surface area contributed by atoms with E-state index >= 15 is 0 Å². The minimum Gasteiger partial charge on any atom is -0.370 e. The van der Waals surface area contributed by atoms with Crippen LogP contribution in [0.3, 0.4) is 0 Å². The first-order chi connectivity index (χ1) is 6.04. The second-order valence-corrected chi connectivity index (χ2v) is 2.38. The Morgan fingerprint density at radius 1 is 0.846 bits per heavy atom. The molecule has 0 aromatic heterocycles. The van der Waals surface area contributed by atoms with E-state index in [1.165, 1.54) is 0 Å². The lowest BCUT2D eigenvalue weighted by Gasteiger charge is -1.93. The van der Waals surface area contributed by atoms with Crippen LogP contribution < -0.4 is 22.9 Å². The Bertz CT molecular complexity index is 133. The maximum absolute atomic E-state index is 10.2. The molecule has 78 valence electrons. The third kappa shape index (κ3) is 24.8. The standard InChI is InChI=1S/C6H12N2O2.CH6N2/c7-5(9)3-1-2-4-6(8)10;2-1-3/h1-4H2,(H2,7,9)(H2,8,10);1-3H2. The number of rotatable bonds is 5. The van der Waals surface area contributed by atoms with E-state index in [2.05, 4.69) is 11.5 Å². The third-order valence-electron chi connectivity index (χ3n) is 1.10. The van der Waals surface area contributed by atoms with Gasteiger partial charge >= 0.3 is 0 Å². The molecule has 2 amide bonds. The van der Waals surface area contributed by atoms with Crippen molar-refractivity contribution in [2.45, 2.75) is 25.7 Å². The molecule has 6 nitrogen and oxygen atoms in total. The second-order valence-electron chi connectivity index (χ2n) is 2.38. The van der Waals surface area contributed by atoms with E-state index in [1.807, 2.05) is 0 Å². The molecule has 0 saturated heterocycles. The molecule has 8 N–H and O–H groups in total. The van der Waals surface area contributed by atoms with Crippen LogP contribution in [0.25, 0.3) is 0 Å². The van der Waals surface area contributed by atoms with Crippen molar-refractivity contribution in [2.75, 3.05) is 6.67 Å². The van der Waals surface area contributed by atoms with Crippen LogP contribution in [0.2, 0.25) is 0 Å². The first kappa shape index (κ1) is 14.4. The van der Waals surface area contributed by atoms with Gasteiger partial charge in [-0.05, 0) is 12.8 Å². The summed E-state index contributed by atoms with van der Waals surface area (Å²) in [6, 6.07) is 0. The lowest BCUT2D eigenvalue weighted by Crippen LogP contribution is -2.12. The molecule has 0 rings (SSSR count). The molecule has 0 unspecified atom stereocenters. The van der Waals surface area contributed by atoms with Gasteiger partial charge < -0.3 is 22.9 Å². The monoisotopic (exact) mass is 190 g/mol. The molecule has 6 heteroatoms. The van der Waals surface area contributed by atoms with Crippen molar-refractivity contribution >= 4 is 11.8 Å². The first-order valence-electron chi connectivity index (χ1n) is 4.01. The van der Waals surface area contributed by atoms with Gasteiger partial charge in [0.15, 0.2) is 0 Å². The van der Waals surface area contributed by atoms with Gasteiger partial charge in [0.25, 0.3) is 0 Å². The Kier molecular flexibility index (Phi) is 12.0. The van der Waals surface area contributed by atoms with Gasteiger partial charge in [-0.15, -0.1) is 0 Å². The summed E-state index contributed by atoms with van der Waals surface area (Å²) in [6.07, 6.45) is 1.98. The molecule has 0 fully saturated rings. The summed E-state index contributed by atoms with van der Waals surface area (Å²) in [5.41, 5.74) is 19.0. The summed E-state index contributed by atoms with van der Waals surface area (Å²) in [5, 5.41) is 0. The summed E-state index contributed by atoms with van der Waals surface area (Å²) >= 11 is 0. The Labute approximate surface area is 77.6 Å². The number of amides is 2. The fourth-order valence-corrected chi connectivity index (χ4v) is 0.598. The molecule has 0 spiro atoms. The smallest absolute Gasteiger partial charge is 0.217 e. The van der Waals surface area contributed by atoms with Gasteiger partial charge in [-0.1, -0.05) is 0 Å². The molecular formula is C7H18N4O2. The average molecular weight is 190 g/mol. The number of nitrogens with two attached hydrogens (primary N) is 4. The van der Waals surface area contributed by atoms with E-state index in [4.69, 9.17) is 11.5 Å². The van der Waals surface area contributed by atoms with E-state index in [9.17, 15) is 9.59 Å². The van der Waals surface area contributed by atoms with Crippen molar-refractivity contribution in [3.8, 4) is 0 Å². The predicted molar refractivity (Wildman–Crippen MR) is 50.1 cm³/mol. The van der Waals surface area contributed by atoms with E-state index in [0.29, 0.717) is 25.7 Å². The first-order valence-corrected chi connectivity index (χ1v) is 4.01. The van der Waals surface area contributed by atoms with Crippen LogP contribution in [0.15, 0.2) is 0 Å². The predicted octanol–water partition coefficient (Wildman–Crippen LogP) is -1.62. The largest absolute Gasteiger partial charge is 0.370 e. The summed E-state index contributed by atoms with van der Waals surface area (Å²) in [7, 11) is 0. The normalized spacial score (nSPS) is 8.46. The van der Waals surface area contributed by atoms with Gasteiger partial charge in [-0.3, -0.25) is 9.59 Å². The quantitative estimate of drug-likeness (QED) is 0.305. The maximum atomic E-state index is 10.2. The Morgan fingerprint density at radius 2 is 1.08 bits per heavy atom. The van der Waals surface area contributed by atoms with E-state index in [0.717, 1.165) is 0 Å². The van der Waals surface area contributed by atoms with Crippen LogP contribution in [0.1, 0.15) is 25.7 Å². The van der Waals surface area contributed by atoms with Crippen molar-refractivity contribution in [3.05, 3.63) is 0 Å². The number of hydrogen-bond acceptors (Lipinski definition) is 4. The molecule has 0 aliphatic carbocycles. The Morgan fingerprint density at radius 3 is 1.23 bits per heavy atom. The van der Waals surface area contributed by atoms with E-state index < -0.39 is 0 Å². The number of hydrogen-bond donors (Lipinski definition) is 4. The second kappa shape index (κ2) is 10.9. The van der Waals surface area contributed by atoms with Crippen molar-refractivity contribution in [2.24, 2.45) is 22.9 Å². The third-order valence-corrected chi connectivity index (χ3v) is 1.10. The van der Waals surface area contributed by atoms with Crippen molar-refractivity contribution in [1.82, 2.24) is 0 Å². The molecule has 0 aromatic carbocycles. The van der Waals surface area contributed by atoms with Crippen molar-refractivity contribution in [3.63, 3.8) is 0 Å². The summed E-state index contributed by atoms with van der Waals surface area (Å²) < 4.78 is 0. The van der Waals surface area contributed by atoms with Gasteiger partial charge in [0.05, 0.1) is 0 Å². The fourth-order valence-electron chi connectivity index (χ4n) is 0.598. The molecule has 0 bridgehead atoms. The number of primary amides is 2. The van der Waals surface area contributed by atoms with Crippen LogP contribution in [-0.2, 0) is 9.59 Å². The van der Waals surface area contributed by atoms with E-state index in [-0.39, 0.29) is 18.5 Å². The SMILES string of the molecule is NC(=O)CCCCC(N)=O.NCN. The highest BCUT2D eigenvalue weighted by atomic mass is 16.1. The van der Waals surface area contributed by atoms with Crippen LogP contribution >= 0.6 is 0 Å². The zero-order valence-corrected chi connectivity index (χ0v) is 7.66. The molecule has 0 aliphatic rings. The number of carbonyl (C=O) groups is 2.